The summed E-state index contributed by atoms with van der Waals surface area (Å²) in [5, 5.41) is 10.8. The number of hydrogen-bond donors (Lipinski definition) is 1. The fourth-order valence-electron chi connectivity index (χ4n) is 2.53. The zero-order valence-electron chi connectivity index (χ0n) is 13.2. The number of benzene rings is 1. The molecule has 0 spiro atoms. The minimum Gasteiger partial charge on any atom is -0.299 e. The quantitative estimate of drug-likeness (QED) is 0.747. The summed E-state index contributed by atoms with van der Waals surface area (Å²) >= 11 is 1.29. The predicted molar refractivity (Wildman–Crippen MR) is 93.7 cm³/mol. The van der Waals surface area contributed by atoms with Gasteiger partial charge in [0.15, 0.2) is 0 Å². The van der Waals surface area contributed by atoms with Gasteiger partial charge in [0, 0.05) is 6.20 Å². The largest absolute Gasteiger partial charge is 0.299 e. The van der Waals surface area contributed by atoms with Crippen LogP contribution in [0.3, 0.4) is 0 Å². The van der Waals surface area contributed by atoms with Gasteiger partial charge in [-0.25, -0.2) is 0 Å². The highest BCUT2D eigenvalue weighted by Gasteiger charge is 2.22. The number of anilines is 1. The third kappa shape index (κ3) is 4.01. The minimum absolute atomic E-state index is 0.104. The molecular formula is C17H17N5OS. The molecule has 0 aliphatic carbocycles. The molecule has 1 aromatic carbocycles. The Morgan fingerprint density at radius 1 is 1.21 bits per heavy atom. The standard InChI is InChI=1S/C17H17N5OS/c1-22(11-15(23)20-17-21-19-12-24-17)16(13-7-3-2-4-8-13)14-9-5-6-10-18-14/h2-10,12,16H,11H2,1H3,(H,20,21,23). The Bertz CT molecular complexity index is 725. The van der Waals surface area contributed by atoms with Crippen LogP contribution < -0.4 is 5.32 Å². The summed E-state index contributed by atoms with van der Waals surface area (Å²) in [6.07, 6.45) is 1.76. The molecule has 0 radical (unpaired) electrons. The lowest BCUT2D eigenvalue weighted by Crippen LogP contribution is -2.34. The summed E-state index contributed by atoms with van der Waals surface area (Å²) in [6, 6.07) is 15.7. The molecule has 3 aromatic rings. The number of hydrogen-bond acceptors (Lipinski definition) is 6. The van der Waals surface area contributed by atoms with Crippen molar-refractivity contribution in [3.63, 3.8) is 0 Å². The summed E-state index contributed by atoms with van der Waals surface area (Å²) in [7, 11) is 1.91. The second-order valence-corrected chi connectivity index (χ2v) is 6.11. The number of nitrogens with one attached hydrogen (secondary N) is 1. The van der Waals surface area contributed by atoms with E-state index in [4.69, 9.17) is 0 Å². The Labute approximate surface area is 144 Å². The third-order valence-electron chi connectivity index (χ3n) is 3.52. The number of carbonyl (C=O) groups is 1. The number of aromatic nitrogens is 3. The van der Waals surface area contributed by atoms with Gasteiger partial charge in [-0.2, -0.15) is 0 Å². The Balaban J connectivity index is 1.79. The second kappa shape index (κ2) is 7.76. The van der Waals surface area contributed by atoms with E-state index < -0.39 is 0 Å². The van der Waals surface area contributed by atoms with Crippen molar-refractivity contribution < 1.29 is 4.79 Å². The Morgan fingerprint density at radius 3 is 2.67 bits per heavy atom. The van der Waals surface area contributed by atoms with Crippen molar-refractivity contribution in [1.82, 2.24) is 20.1 Å². The van der Waals surface area contributed by atoms with E-state index in [-0.39, 0.29) is 18.5 Å². The molecule has 0 fully saturated rings. The van der Waals surface area contributed by atoms with Crippen molar-refractivity contribution in [3.05, 3.63) is 71.5 Å². The van der Waals surface area contributed by atoms with Gasteiger partial charge in [0.1, 0.15) is 5.51 Å². The molecule has 7 heteroatoms. The van der Waals surface area contributed by atoms with Crippen LogP contribution in [-0.2, 0) is 4.79 Å². The van der Waals surface area contributed by atoms with Gasteiger partial charge in [0.05, 0.1) is 18.3 Å². The van der Waals surface area contributed by atoms with Crippen LogP contribution in [0.4, 0.5) is 5.13 Å². The van der Waals surface area contributed by atoms with E-state index in [0.717, 1.165) is 11.3 Å². The molecule has 3 rings (SSSR count). The van der Waals surface area contributed by atoms with Gasteiger partial charge in [0.2, 0.25) is 11.0 Å². The van der Waals surface area contributed by atoms with E-state index in [0.29, 0.717) is 5.13 Å². The van der Waals surface area contributed by atoms with Crippen molar-refractivity contribution in [1.29, 1.82) is 0 Å². The molecule has 0 aliphatic heterocycles. The molecule has 1 atom stereocenters. The van der Waals surface area contributed by atoms with E-state index in [2.05, 4.69) is 20.5 Å². The Kier molecular flexibility index (Phi) is 5.25. The van der Waals surface area contributed by atoms with E-state index >= 15 is 0 Å². The number of pyridine rings is 1. The molecule has 6 nitrogen and oxygen atoms in total. The van der Waals surface area contributed by atoms with E-state index in [1.54, 1.807) is 11.7 Å². The summed E-state index contributed by atoms with van der Waals surface area (Å²) in [4.78, 5) is 18.7. The van der Waals surface area contributed by atoms with Crippen LogP contribution in [0, 0.1) is 0 Å². The van der Waals surface area contributed by atoms with Crippen LogP contribution in [0.2, 0.25) is 0 Å². The Morgan fingerprint density at radius 2 is 2.00 bits per heavy atom. The summed E-state index contributed by atoms with van der Waals surface area (Å²) < 4.78 is 0. The highest BCUT2D eigenvalue weighted by molar-refractivity contribution is 7.13. The normalized spacial score (nSPS) is 12.1. The van der Waals surface area contributed by atoms with Crippen LogP contribution in [0.5, 0.6) is 0 Å². The van der Waals surface area contributed by atoms with Gasteiger partial charge >= 0.3 is 0 Å². The average Bonchev–Trinajstić information content (AvgIpc) is 3.10. The monoisotopic (exact) mass is 339 g/mol. The highest BCUT2D eigenvalue weighted by atomic mass is 32.1. The molecule has 1 unspecified atom stereocenters. The molecule has 0 saturated heterocycles. The maximum atomic E-state index is 12.3. The zero-order valence-corrected chi connectivity index (χ0v) is 14.0. The van der Waals surface area contributed by atoms with Crippen molar-refractivity contribution in [3.8, 4) is 0 Å². The van der Waals surface area contributed by atoms with E-state index in [1.807, 2.05) is 60.5 Å². The number of amides is 1. The first-order valence-electron chi connectivity index (χ1n) is 7.46. The second-order valence-electron chi connectivity index (χ2n) is 5.27. The fraction of sp³-hybridized carbons (Fsp3) is 0.176. The number of carbonyl (C=O) groups excluding carboxylic acids is 1. The van der Waals surface area contributed by atoms with Crippen LogP contribution in [0.25, 0.3) is 0 Å². The van der Waals surface area contributed by atoms with Crippen molar-refractivity contribution in [2.75, 3.05) is 18.9 Å². The molecular weight excluding hydrogens is 322 g/mol. The lowest BCUT2D eigenvalue weighted by molar-refractivity contribution is -0.117. The van der Waals surface area contributed by atoms with Crippen LogP contribution in [-0.4, -0.2) is 39.6 Å². The molecule has 2 aromatic heterocycles. The van der Waals surface area contributed by atoms with E-state index in [9.17, 15) is 4.79 Å². The molecule has 0 aliphatic rings. The summed E-state index contributed by atoms with van der Waals surface area (Å²) in [6.45, 7) is 0.218. The molecule has 0 saturated carbocycles. The van der Waals surface area contributed by atoms with Crippen molar-refractivity contribution in [2.45, 2.75) is 6.04 Å². The van der Waals surface area contributed by atoms with Crippen molar-refractivity contribution >= 4 is 22.4 Å². The molecule has 0 bridgehead atoms. The molecule has 24 heavy (non-hydrogen) atoms. The van der Waals surface area contributed by atoms with Crippen LogP contribution in [0.15, 0.2) is 60.2 Å². The average molecular weight is 339 g/mol. The lowest BCUT2D eigenvalue weighted by atomic mass is 10.0. The molecule has 1 N–H and O–H groups in total. The minimum atomic E-state index is -0.133. The number of nitrogens with zero attached hydrogens (tertiary/aromatic N) is 4. The van der Waals surface area contributed by atoms with Gasteiger partial charge in [-0.3, -0.25) is 20.0 Å². The van der Waals surface area contributed by atoms with Crippen LogP contribution in [0.1, 0.15) is 17.3 Å². The van der Waals surface area contributed by atoms with Gasteiger partial charge in [-0.15, -0.1) is 10.2 Å². The Hall–Kier alpha value is -2.64. The smallest absolute Gasteiger partial charge is 0.240 e. The third-order valence-corrected chi connectivity index (χ3v) is 4.13. The van der Waals surface area contributed by atoms with Crippen LogP contribution >= 0.6 is 11.3 Å². The maximum absolute atomic E-state index is 12.3. The first-order valence-corrected chi connectivity index (χ1v) is 8.34. The summed E-state index contributed by atoms with van der Waals surface area (Å²) in [5.41, 5.74) is 3.57. The van der Waals surface area contributed by atoms with Gasteiger partial charge in [-0.05, 0) is 24.7 Å². The summed E-state index contributed by atoms with van der Waals surface area (Å²) in [5.74, 6) is -0.133. The van der Waals surface area contributed by atoms with Gasteiger partial charge in [-0.1, -0.05) is 47.7 Å². The maximum Gasteiger partial charge on any atom is 0.240 e. The predicted octanol–water partition coefficient (Wildman–Crippen LogP) is 2.59. The lowest BCUT2D eigenvalue weighted by Gasteiger charge is -2.27. The first kappa shape index (κ1) is 16.2. The highest BCUT2D eigenvalue weighted by Crippen LogP contribution is 2.25. The fourth-order valence-corrected chi connectivity index (χ4v) is 2.99. The van der Waals surface area contributed by atoms with Gasteiger partial charge in [0.25, 0.3) is 0 Å². The molecule has 2 heterocycles. The SMILES string of the molecule is CN(CC(=O)Nc1nncs1)C(c1ccccc1)c1ccccn1. The van der Waals surface area contributed by atoms with Crippen molar-refractivity contribution in [2.24, 2.45) is 0 Å². The number of likely N-dealkylation sites (N-methyl/N-ethyl adjacent to an activating group) is 1. The first-order chi connectivity index (χ1) is 11.7. The molecule has 122 valence electrons. The zero-order chi connectivity index (χ0) is 16.8. The van der Waals surface area contributed by atoms with E-state index in [1.165, 1.54) is 11.3 Å². The molecule has 1 amide bonds. The van der Waals surface area contributed by atoms with Gasteiger partial charge < -0.3 is 0 Å². The number of rotatable bonds is 6. The topological polar surface area (TPSA) is 71.0 Å².